The van der Waals surface area contributed by atoms with Crippen LogP contribution in [-0.4, -0.2) is 60.3 Å². The Hall–Kier alpha value is -5.30. The molecule has 1 aliphatic rings. The zero-order chi connectivity index (χ0) is 32.7. The first-order chi connectivity index (χ1) is 21.5. The number of aliphatic hydroxyl groups is 1. The molecule has 5 N–H and O–H groups in total. The van der Waals surface area contributed by atoms with Gasteiger partial charge < -0.3 is 39.8 Å². The third-order valence-electron chi connectivity index (χ3n) is 7.02. The third-order valence-corrected chi connectivity index (χ3v) is 7.02. The van der Waals surface area contributed by atoms with Crippen LogP contribution in [0.1, 0.15) is 49.3 Å². The predicted molar refractivity (Wildman–Crippen MR) is 169 cm³/mol. The number of urea groups is 1. The van der Waals surface area contributed by atoms with Crippen molar-refractivity contribution in [3.05, 3.63) is 82.3 Å². The number of nitrogens with zero attached hydrogens (tertiary/aromatic N) is 2. The van der Waals surface area contributed by atoms with E-state index in [9.17, 15) is 19.5 Å². The van der Waals surface area contributed by atoms with Crippen LogP contribution in [0.5, 0.6) is 11.5 Å². The quantitative estimate of drug-likeness (QED) is 0.0890. The van der Waals surface area contributed by atoms with Crippen molar-refractivity contribution in [1.82, 2.24) is 20.6 Å². The van der Waals surface area contributed by atoms with E-state index in [1.54, 1.807) is 31.3 Å². The Balaban J connectivity index is 1.41. The van der Waals surface area contributed by atoms with Crippen molar-refractivity contribution >= 4 is 29.8 Å². The van der Waals surface area contributed by atoms with Crippen LogP contribution in [0.2, 0.25) is 0 Å². The van der Waals surface area contributed by atoms with Crippen molar-refractivity contribution < 1.29 is 33.7 Å². The molecule has 45 heavy (non-hydrogen) atoms. The number of amides is 3. The summed E-state index contributed by atoms with van der Waals surface area (Å²) in [5.41, 5.74) is 8.37. The molecule has 2 heterocycles. The normalized spacial score (nSPS) is 15.3. The van der Waals surface area contributed by atoms with E-state index in [0.29, 0.717) is 29.4 Å². The van der Waals surface area contributed by atoms with Crippen molar-refractivity contribution in [1.29, 1.82) is 0 Å². The summed E-state index contributed by atoms with van der Waals surface area (Å²) in [5, 5.41) is 22.8. The Morgan fingerprint density at radius 1 is 1.09 bits per heavy atom. The number of aliphatic hydroxyl groups excluding tert-OH is 1. The third kappa shape index (κ3) is 7.81. The number of hydrogen-bond donors (Lipinski definition) is 5. The number of anilines is 1. The number of hydrogen-bond acceptors (Lipinski definition) is 9. The van der Waals surface area contributed by atoms with Gasteiger partial charge >= 0.3 is 12.0 Å². The van der Waals surface area contributed by atoms with Crippen LogP contribution in [0.15, 0.2) is 64.9 Å². The first kappa shape index (κ1) is 32.6. The highest BCUT2D eigenvalue weighted by molar-refractivity contribution is 5.95. The summed E-state index contributed by atoms with van der Waals surface area (Å²) in [5.74, 6) is 0.0313. The van der Waals surface area contributed by atoms with Crippen LogP contribution in [0.25, 0.3) is 5.69 Å². The molecule has 0 radical (unpaired) electrons. The first-order valence-electron chi connectivity index (χ1n) is 14.3. The molecule has 0 saturated carbocycles. The lowest BCUT2D eigenvalue weighted by Crippen LogP contribution is -2.45. The second kappa shape index (κ2) is 14.4. The maximum atomic E-state index is 12.5. The van der Waals surface area contributed by atoms with Crippen LogP contribution in [0.3, 0.4) is 0 Å². The number of aryl methyl sites for hydroxylation is 1. The first-order valence-corrected chi connectivity index (χ1v) is 14.3. The van der Waals surface area contributed by atoms with E-state index >= 15 is 0 Å². The Morgan fingerprint density at radius 3 is 2.49 bits per heavy atom. The Kier molecular flexibility index (Phi) is 10.5. The van der Waals surface area contributed by atoms with E-state index < -0.39 is 24.3 Å². The number of methoxy groups -OCH3 is 1. The minimum atomic E-state index is -1.14. The number of rotatable bonds is 12. The lowest BCUT2D eigenvalue weighted by atomic mass is 9.95. The summed E-state index contributed by atoms with van der Waals surface area (Å²) >= 11 is 0. The summed E-state index contributed by atoms with van der Waals surface area (Å²) in [7, 11) is 1.28. The van der Waals surface area contributed by atoms with Gasteiger partial charge in [-0.05, 0) is 75.7 Å². The standard InChI is InChI=1S/C32H38N6O7/c1-7-44-27-15-22(30-29(31(41)43-6)19(3)34-32(42)36-30)8-13-26(27)45-17-28(40)37-33-16-23-14-18(2)38(20(23)4)25-11-9-24(10-12-25)35-21(5)39/h8-16,28,30,37,40H,7,17H2,1-6H3,(H,35,39)(H2,34,36,42)/b33-16-/t28-,30+/m0/s1. The fraction of sp³-hybridized carbons (Fsp3) is 0.312. The lowest BCUT2D eigenvalue weighted by molar-refractivity contribution is -0.136. The van der Waals surface area contributed by atoms with Gasteiger partial charge in [0.1, 0.15) is 6.61 Å². The Bertz CT molecular complexity index is 1630. The highest BCUT2D eigenvalue weighted by Gasteiger charge is 2.32. The van der Waals surface area contributed by atoms with Crippen molar-refractivity contribution in [2.45, 2.75) is 46.9 Å². The van der Waals surface area contributed by atoms with Crippen molar-refractivity contribution in [2.75, 3.05) is 25.6 Å². The van der Waals surface area contributed by atoms with Gasteiger partial charge in [-0.2, -0.15) is 5.10 Å². The molecule has 0 spiro atoms. The SMILES string of the molecule is CCOc1cc([C@H]2NC(=O)NC(C)=C2C(=O)OC)ccc1OC[C@H](O)N/N=C\c1cc(C)n(-c2ccc(NC(C)=O)cc2)c1C. The van der Waals surface area contributed by atoms with Crippen molar-refractivity contribution in [3.8, 4) is 17.2 Å². The van der Waals surface area contributed by atoms with Gasteiger partial charge in [-0.15, -0.1) is 0 Å². The van der Waals surface area contributed by atoms with Crippen LogP contribution in [0, 0.1) is 13.8 Å². The van der Waals surface area contributed by atoms with Crippen LogP contribution in [0.4, 0.5) is 10.5 Å². The summed E-state index contributed by atoms with van der Waals surface area (Å²) < 4.78 is 18.6. The molecule has 2 atom stereocenters. The smallest absolute Gasteiger partial charge is 0.337 e. The minimum absolute atomic E-state index is 0.130. The fourth-order valence-electron chi connectivity index (χ4n) is 5.03. The molecule has 13 nitrogen and oxygen atoms in total. The second-order valence-corrected chi connectivity index (χ2v) is 10.3. The van der Waals surface area contributed by atoms with E-state index in [-0.39, 0.29) is 18.1 Å². The number of allylic oxidation sites excluding steroid dienone is 1. The molecule has 0 saturated heterocycles. The topological polar surface area (TPSA) is 165 Å². The van der Waals surface area contributed by atoms with Gasteiger partial charge in [-0.25, -0.2) is 9.59 Å². The second-order valence-electron chi connectivity index (χ2n) is 10.3. The van der Waals surface area contributed by atoms with Gasteiger partial charge in [0.15, 0.2) is 17.7 Å². The molecular weight excluding hydrogens is 580 g/mol. The zero-order valence-corrected chi connectivity index (χ0v) is 26.1. The van der Waals surface area contributed by atoms with E-state index in [4.69, 9.17) is 14.2 Å². The average molecular weight is 619 g/mol. The lowest BCUT2D eigenvalue weighted by Gasteiger charge is -2.28. The molecule has 3 amide bonds. The molecule has 0 fully saturated rings. The van der Waals surface area contributed by atoms with E-state index in [0.717, 1.165) is 28.3 Å². The van der Waals surface area contributed by atoms with Crippen LogP contribution < -0.4 is 30.8 Å². The van der Waals surface area contributed by atoms with Gasteiger partial charge in [0, 0.05) is 40.9 Å². The highest BCUT2D eigenvalue weighted by atomic mass is 16.5. The van der Waals surface area contributed by atoms with Gasteiger partial charge in [0.05, 0.1) is 31.5 Å². The minimum Gasteiger partial charge on any atom is -0.490 e. The molecule has 0 bridgehead atoms. The summed E-state index contributed by atoms with van der Waals surface area (Å²) in [6, 6.07) is 13.3. The Labute approximate surface area is 261 Å². The molecule has 238 valence electrons. The number of benzene rings is 2. The summed E-state index contributed by atoms with van der Waals surface area (Å²) in [6.45, 7) is 9.05. The molecule has 4 rings (SSSR count). The fourth-order valence-corrected chi connectivity index (χ4v) is 5.03. The molecule has 0 unspecified atom stereocenters. The monoisotopic (exact) mass is 618 g/mol. The molecule has 3 aromatic rings. The number of nitrogens with one attached hydrogen (secondary N) is 4. The number of ether oxygens (including phenoxy) is 3. The largest absolute Gasteiger partial charge is 0.490 e. The number of hydrazone groups is 1. The maximum Gasteiger partial charge on any atom is 0.337 e. The van der Waals surface area contributed by atoms with Gasteiger partial charge in [-0.1, -0.05) is 6.07 Å². The zero-order valence-electron chi connectivity index (χ0n) is 26.1. The molecule has 1 aromatic heterocycles. The van der Waals surface area contributed by atoms with Crippen LogP contribution >= 0.6 is 0 Å². The summed E-state index contributed by atoms with van der Waals surface area (Å²) in [6.07, 6.45) is 0.482. The average Bonchev–Trinajstić information content (AvgIpc) is 3.28. The van der Waals surface area contributed by atoms with Crippen molar-refractivity contribution in [3.63, 3.8) is 0 Å². The Morgan fingerprint density at radius 2 is 1.82 bits per heavy atom. The van der Waals surface area contributed by atoms with Gasteiger partial charge in [0.25, 0.3) is 0 Å². The van der Waals surface area contributed by atoms with Crippen molar-refractivity contribution in [2.24, 2.45) is 5.10 Å². The summed E-state index contributed by atoms with van der Waals surface area (Å²) in [4.78, 5) is 35.9. The number of carbonyl (C=O) groups is 3. The van der Waals surface area contributed by atoms with Gasteiger partial charge in [0.2, 0.25) is 5.91 Å². The molecular formula is C32H38N6O7. The number of esters is 1. The van der Waals surface area contributed by atoms with Gasteiger partial charge in [-0.3, -0.25) is 10.2 Å². The van der Waals surface area contributed by atoms with E-state index in [1.165, 1.54) is 14.0 Å². The number of aromatic nitrogens is 1. The predicted octanol–water partition coefficient (Wildman–Crippen LogP) is 3.57. The van der Waals surface area contributed by atoms with E-state index in [1.807, 2.05) is 51.1 Å². The van der Waals surface area contributed by atoms with Crippen LogP contribution in [-0.2, 0) is 14.3 Å². The number of carbonyl (C=O) groups excluding carboxylic acids is 3. The molecule has 0 aliphatic carbocycles. The molecule has 1 aliphatic heterocycles. The molecule has 2 aromatic carbocycles. The maximum absolute atomic E-state index is 12.5. The van der Waals surface area contributed by atoms with E-state index in [2.05, 4.69) is 31.0 Å². The highest BCUT2D eigenvalue weighted by Crippen LogP contribution is 2.35. The molecule has 13 heteroatoms.